The monoisotopic (exact) mass is 239 g/mol. The standard InChI is InChI=1S/C11H17NO3Si/c1-16(2,3)15-9-6-4-8(5-7-9)10(12)11(13)14/h4-7,10H,12H2,1-3H3,(H,13,14)/t10-/m1/s1. The van der Waals surface area contributed by atoms with Crippen molar-refractivity contribution in [3.05, 3.63) is 29.8 Å². The molecule has 0 aliphatic heterocycles. The summed E-state index contributed by atoms with van der Waals surface area (Å²) in [6.45, 7) is 6.26. The zero-order chi connectivity index (χ0) is 12.3. The van der Waals surface area contributed by atoms with Gasteiger partial charge in [0.15, 0.2) is 0 Å². The highest BCUT2D eigenvalue weighted by molar-refractivity contribution is 6.70. The molecular formula is C11H17NO3Si. The van der Waals surface area contributed by atoms with Crippen LogP contribution in [0.15, 0.2) is 24.3 Å². The van der Waals surface area contributed by atoms with E-state index in [1.165, 1.54) is 0 Å². The molecule has 0 amide bonds. The van der Waals surface area contributed by atoms with Crippen molar-refractivity contribution < 1.29 is 14.3 Å². The Balaban J connectivity index is 2.79. The largest absolute Gasteiger partial charge is 0.544 e. The minimum Gasteiger partial charge on any atom is -0.544 e. The van der Waals surface area contributed by atoms with Gasteiger partial charge in [-0.2, -0.15) is 0 Å². The van der Waals surface area contributed by atoms with Crippen LogP contribution in [-0.4, -0.2) is 19.4 Å². The second-order valence-corrected chi connectivity index (χ2v) is 9.03. The fourth-order valence-corrected chi connectivity index (χ4v) is 2.08. The van der Waals surface area contributed by atoms with Gasteiger partial charge < -0.3 is 15.3 Å². The first-order valence-corrected chi connectivity index (χ1v) is 8.48. The lowest BCUT2D eigenvalue weighted by molar-refractivity contribution is -0.138. The van der Waals surface area contributed by atoms with E-state index in [1.54, 1.807) is 24.3 Å². The van der Waals surface area contributed by atoms with E-state index in [-0.39, 0.29) is 0 Å². The van der Waals surface area contributed by atoms with Gasteiger partial charge in [-0.15, -0.1) is 0 Å². The van der Waals surface area contributed by atoms with E-state index in [2.05, 4.69) is 19.6 Å². The van der Waals surface area contributed by atoms with Crippen LogP contribution in [0.25, 0.3) is 0 Å². The topological polar surface area (TPSA) is 72.5 Å². The molecule has 3 N–H and O–H groups in total. The van der Waals surface area contributed by atoms with E-state index < -0.39 is 20.3 Å². The highest BCUT2D eigenvalue weighted by Crippen LogP contribution is 2.19. The van der Waals surface area contributed by atoms with E-state index in [1.807, 2.05) is 0 Å². The number of carboxylic acid groups (broad SMARTS) is 1. The molecule has 1 aromatic rings. The molecule has 16 heavy (non-hydrogen) atoms. The van der Waals surface area contributed by atoms with Gasteiger partial charge in [-0.25, -0.2) is 0 Å². The molecule has 0 aliphatic carbocycles. The van der Waals surface area contributed by atoms with Crippen molar-refractivity contribution in [2.24, 2.45) is 5.73 Å². The Morgan fingerprint density at radius 2 is 1.81 bits per heavy atom. The number of hydrogen-bond acceptors (Lipinski definition) is 3. The Kier molecular flexibility index (Phi) is 3.72. The number of hydrogen-bond donors (Lipinski definition) is 2. The first-order valence-electron chi connectivity index (χ1n) is 5.07. The van der Waals surface area contributed by atoms with Crippen molar-refractivity contribution in [2.75, 3.05) is 0 Å². The normalized spacial score (nSPS) is 13.2. The van der Waals surface area contributed by atoms with Gasteiger partial charge in [-0.3, -0.25) is 4.79 Å². The average molecular weight is 239 g/mol. The Bertz CT molecular complexity index is 370. The quantitative estimate of drug-likeness (QED) is 0.788. The van der Waals surface area contributed by atoms with Crippen LogP contribution in [0, 0.1) is 0 Å². The summed E-state index contributed by atoms with van der Waals surface area (Å²) in [7, 11) is -1.61. The minimum atomic E-state index is -1.61. The molecule has 1 aromatic carbocycles. The fraction of sp³-hybridized carbons (Fsp3) is 0.364. The third-order valence-electron chi connectivity index (χ3n) is 1.93. The summed E-state index contributed by atoms with van der Waals surface area (Å²) in [5, 5.41) is 8.74. The van der Waals surface area contributed by atoms with Crippen molar-refractivity contribution in [3.8, 4) is 5.75 Å². The molecule has 0 fully saturated rings. The van der Waals surface area contributed by atoms with Gasteiger partial charge in [0, 0.05) is 0 Å². The molecule has 88 valence electrons. The van der Waals surface area contributed by atoms with E-state index in [0.717, 1.165) is 5.75 Å². The predicted molar refractivity (Wildman–Crippen MR) is 65.0 cm³/mol. The van der Waals surface area contributed by atoms with Crippen LogP contribution in [0.1, 0.15) is 11.6 Å². The molecule has 0 bridgehead atoms. The molecular weight excluding hydrogens is 222 g/mol. The number of aliphatic carboxylic acids is 1. The molecule has 4 nitrogen and oxygen atoms in total. The molecule has 0 heterocycles. The molecule has 0 aromatic heterocycles. The summed E-state index contributed by atoms with van der Waals surface area (Å²) >= 11 is 0. The molecule has 0 saturated heterocycles. The summed E-state index contributed by atoms with van der Waals surface area (Å²) < 4.78 is 5.75. The van der Waals surface area contributed by atoms with Crippen molar-refractivity contribution in [2.45, 2.75) is 25.7 Å². The van der Waals surface area contributed by atoms with Crippen molar-refractivity contribution >= 4 is 14.3 Å². The Hall–Kier alpha value is -1.33. The molecule has 1 rings (SSSR count). The van der Waals surface area contributed by atoms with Gasteiger partial charge in [0.05, 0.1) is 0 Å². The van der Waals surface area contributed by atoms with E-state index in [9.17, 15) is 4.79 Å². The smallest absolute Gasteiger partial charge is 0.325 e. The lowest BCUT2D eigenvalue weighted by Crippen LogP contribution is -2.29. The zero-order valence-electron chi connectivity index (χ0n) is 9.73. The van der Waals surface area contributed by atoms with Crippen LogP contribution in [0.3, 0.4) is 0 Å². The predicted octanol–water partition coefficient (Wildman–Crippen LogP) is 1.98. The molecule has 0 spiro atoms. The maximum absolute atomic E-state index is 10.7. The SMILES string of the molecule is C[Si](C)(C)Oc1ccc([C@@H](N)C(=O)O)cc1. The van der Waals surface area contributed by atoms with Gasteiger partial charge in [0.1, 0.15) is 11.8 Å². The molecule has 5 heteroatoms. The first kappa shape index (κ1) is 12.7. The summed E-state index contributed by atoms with van der Waals surface area (Å²) in [5.74, 6) is -0.264. The van der Waals surface area contributed by atoms with Crippen molar-refractivity contribution in [1.82, 2.24) is 0 Å². The third-order valence-corrected chi connectivity index (χ3v) is 2.78. The zero-order valence-corrected chi connectivity index (χ0v) is 10.7. The maximum atomic E-state index is 10.7. The van der Waals surface area contributed by atoms with Crippen LogP contribution in [0.2, 0.25) is 19.6 Å². The minimum absolute atomic E-state index is 0.579. The van der Waals surface area contributed by atoms with Crippen LogP contribution in [0.4, 0.5) is 0 Å². The van der Waals surface area contributed by atoms with Gasteiger partial charge in [-0.1, -0.05) is 12.1 Å². The van der Waals surface area contributed by atoms with Gasteiger partial charge in [-0.05, 0) is 37.3 Å². The van der Waals surface area contributed by atoms with E-state index in [0.29, 0.717) is 5.56 Å². The second-order valence-electron chi connectivity index (χ2n) is 4.60. The number of carbonyl (C=O) groups is 1. The maximum Gasteiger partial charge on any atom is 0.325 e. The summed E-state index contributed by atoms with van der Waals surface area (Å²) in [6.07, 6.45) is 0. The molecule has 0 saturated carbocycles. The van der Waals surface area contributed by atoms with E-state index >= 15 is 0 Å². The Morgan fingerprint density at radius 3 is 2.19 bits per heavy atom. The van der Waals surface area contributed by atoms with Crippen LogP contribution in [0.5, 0.6) is 5.75 Å². The van der Waals surface area contributed by atoms with Crippen molar-refractivity contribution in [1.29, 1.82) is 0 Å². The Morgan fingerprint density at radius 1 is 1.31 bits per heavy atom. The van der Waals surface area contributed by atoms with E-state index in [4.69, 9.17) is 15.3 Å². The average Bonchev–Trinajstić information content (AvgIpc) is 2.15. The molecule has 0 aliphatic rings. The van der Waals surface area contributed by atoms with Crippen LogP contribution in [-0.2, 0) is 4.79 Å². The summed E-state index contributed by atoms with van der Waals surface area (Å²) in [4.78, 5) is 10.7. The highest BCUT2D eigenvalue weighted by Gasteiger charge is 2.17. The Labute approximate surface area is 96.2 Å². The first-order chi connectivity index (χ1) is 7.29. The number of rotatable bonds is 4. The highest BCUT2D eigenvalue weighted by atomic mass is 28.4. The number of benzene rings is 1. The molecule has 0 unspecified atom stereocenters. The lowest BCUT2D eigenvalue weighted by atomic mass is 10.1. The van der Waals surface area contributed by atoms with Crippen molar-refractivity contribution in [3.63, 3.8) is 0 Å². The summed E-state index contributed by atoms with van der Waals surface area (Å²) in [5.41, 5.74) is 6.06. The van der Waals surface area contributed by atoms with Gasteiger partial charge in [0.2, 0.25) is 8.32 Å². The van der Waals surface area contributed by atoms with Crippen LogP contribution < -0.4 is 10.2 Å². The van der Waals surface area contributed by atoms with Gasteiger partial charge >= 0.3 is 5.97 Å². The summed E-state index contributed by atoms with van der Waals surface area (Å²) in [6, 6.07) is 5.93. The number of nitrogens with two attached hydrogens (primary N) is 1. The number of carboxylic acids is 1. The lowest BCUT2D eigenvalue weighted by Gasteiger charge is -2.19. The molecule has 1 atom stereocenters. The third kappa shape index (κ3) is 3.67. The second kappa shape index (κ2) is 4.67. The van der Waals surface area contributed by atoms with Crippen LogP contribution >= 0.6 is 0 Å². The molecule has 0 radical (unpaired) electrons. The fourth-order valence-electron chi connectivity index (χ4n) is 1.24. The van der Waals surface area contributed by atoms with Gasteiger partial charge in [0.25, 0.3) is 0 Å².